The highest BCUT2D eigenvalue weighted by Crippen LogP contribution is 2.39. The number of nitrogens with zero attached hydrogens (tertiary/aromatic N) is 1. The first-order valence-electron chi connectivity index (χ1n) is 8.19. The van der Waals surface area contributed by atoms with E-state index in [0.29, 0.717) is 12.3 Å². The maximum atomic E-state index is 12.1. The van der Waals surface area contributed by atoms with Crippen LogP contribution < -0.4 is 0 Å². The molecular formula is C18H22N2O2. The SMILES string of the molecule is COCCc1ccc2[nH]c3c(c2c1)CCN1C(=O)CCCC31. The second kappa shape index (κ2) is 5.43. The fourth-order valence-electron chi connectivity index (χ4n) is 3.98. The van der Waals surface area contributed by atoms with E-state index in [1.807, 2.05) is 0 Å². The third kappa shape index (κ3) is 2.13. The van der Waals surface area contributed by atoms with Gasteiger partial charge in [0.2, 0.25) is 5.91 Å². The second-order valence-corrected chi connectivity index (χ2v) is 6.39. The van der Waals surface area contributed by atoms with Crippen LogP contribution in [0.15, 0.2) is 18.2 Å². The van der Waals surface area contributed by atoms with Gasteiger partial charge in [0.1, 0.15) is 0 Å². The number of fused-ring (bicyclic) bond motifs is 5. The lowest BCUT2D eigenvalue weighted by Gasteiger charge is -2.39. The number of methoxy groups -OCH3 is 1. The molecule has 0 radical (unpaired) electrons. The molecule has 2 aliphatic heterocycles. The van der Waals surface area contributed by atoms with Gasteiger partial charge in [-0.25, -0.2) is 0 Å². The van der Waals surface area contributed by atoms with Gasteiger partial charge in [0.25, 0.3) is 0 Å². The number of aromatic nitrogens is 1. The van der Waals surface area contributed by atoms with Crippen molar-refractivity contribution in [2.45, 2.75) is 38.1 Å². The van der Waals surface area contributed by atoms with Gasteiger partial charge in [-0.3, -0.25) is 4.79 Å². The molecule has 0 aliphatic carbocycles. The summed E-state index contributed by atoms with van der Waals surface area (Å²) in [5, 5.41) is 1.33. The predicted molar refractivity (Wildman–Crippen MR) is 85.9 cm³/mol. The number of amides is 1. The molecule has 0 saturated carbocycles. The van der Waals surface area contributed by atoms with Crippen LogP contribution in [0.5, 0.6) is 0 Å². The van der Waals surface area contributed by atoms with Gasteiger partial charge in [0, 0.05) is 36.7 Å². The number of H-pyrrole nitrogens is 1. The maximum Gasteiger partial charge on any atom is 0.223 e. The average molecular weight is 298 g/mol. The van der Waals surface area contributed by atoms with Crippen molar-refractivity contribution in [2.24, 2.45) is 0 Å². The lowest BCUT2D eigenvalue weighted by Crippen LogP contribution is -2.42. The van der Waals surface area contributed by atoms with Crippen LogP contribution in [0.4, 0.5) is 0 Å². The van der Waals surface area contributed by atoms with Gasteiger partial charge in [0.05, 0.1) is 12.6 Å². The molecule has 1 amide bonds. The van der Waals surface area contributed by atoms with Gasteiger partial charge in [0.15, 0.2) is 0 Å². The Kier molecular flexibility index (Phi) is 3.41. The summed E-state index contributed by atoms with van der Waals surface area (Å²) in [4.78, 5) is 17.8. The Morgan fingerprint density at radius 2 is 2.27 bits per heavy atom. The van der Waals surface area contributed by atoms with Gasteiger partial charge in [-0.2, -0.15) is 0 Å². The Morgan fingerprint density at radius 3 is 3.14 bits per heavy atom. The number of piperidine rings is 1. The highest BCUT2D eigenvalue weighted by Gasteiger charge is 2.35. The van der Waals surface area contributed by atoms with Crippen LogP contribution in [0.2, 0.25) is 0 Å². The largest absolute Gasteiger partial charge is 0.384 e. The molecule has 1 fully saturated rings. The lowest BCUT2D eigenvalue weighted by molar-refractivity contribution is -0.137. The number of benzene rings is 1. The van der Waals surface area contributed by atoms with Crippen LogP contribution in [-0.4, -0.2) is 36.1 Å². The van der Waals surface area contributed by atoms with Gasteiger partial charge in [-0.05, 0) is 48.9 Å². The standard InChI is InChI=1S/C18H22N2O2/c1-22-10-8-12-5-6-15-14(11-12)13-7-9-20-16(18(13)19-15)3-2-4-17(20)21/h5-6,11,16,19H,2-4,7-10H2,1H3. The van der Waals surface area contributed by atoms with E-state index in [-0.39, 0.29) is 6.04 Å². The lowest BCUT2D eigenvalue weighted by atomic mass is 9.90. The Balaban J connectivity index is 1.75. The number of hydrogen-bond donors (Lipinski definition) is 1. The summed E-state index contributed by atoms with van der Waals surface area (Å²) in [5.74, 6) is 0.321. The highest BCUT2D eigenvalue weighted by molar-refractivity contribution is 5.87. The average Bonchev–Trinajstić information content (AvgIpc) is 2.91. The number of carbonyl (C=O) groups is 1. The van der Waals surface area contributed by atoms with Crippen LogP contribution in [0, 0.1) is 0 Å². The molecule has 1 saturated heterocycles. The zero-order chi connectivity index (χ0) is 15.1. The van der Waals surface area contributed by atoms with E-state index in [4.69, 9.17) is 4.74 Å². The topological polar surface area (TPSA) is 45.3 Å². The molecule has 4 nitrogen and oxygen atoms in total. The molecule has 0 spiro atoms. The molecule has 1 atom stereocenters. The third-order valence-corrected chi connectivity index (χ3v) is 5.10. The second-order valence-electron chi connectivity index (χ2n) is 6.39. The van der Waals surface area contributed by atoms with Gasteiger partial charge >= 0.3 is 0 Å². The minimum Gasteiger partial charge on any atom is -0.384 e. The van der Waals surface area contributed by atoms with Crippen molar-refractivity contribution in [1.29, 1.82) is 0 Å². The van der Waals surface area contributed by atoms with Crippen molar-refractivity contribution in [3.8, 4) is 0 Å². The maximum absolute atomic E-state index is 12.1. The van der Waals surface area contributed by atoms with E-state index in [1.165, 1.54) is 27.7 Å². The third-order valence-electron chi connectivity index (χ3n) is 5.10. The zero-order valence-corrected chi connectivity index (χ0v) is 13.0. The van der Waals surface area contributed by atoms with Crippen LogP contribution in [0.25, 0.3) is 10.9 Å². The molecule has 2 aliphatic rings. The van der Waals surface area contributed by atoms with Gasteiger partial charge in [-0.1, -0.05) is 6.07 Å². The minimum atomic E-state index is 0.264. The number of carbonyl (C=O) groups excluding carboxylic acids is 1. The smallest absolute Gasteiger partial charge is 0.223 e. The molecule has 1 aromatic carbocycles. The van der Waals surface area contributed by atoms with Crippen molar-refractivity contribution >= 4 is 16.8 Å². The highest BCUT2D eigenvalue weighted by atomic mass is 16.5. The summed E-state index contributed by atoms with van der Waals surface area (Å²) < 4.78 is 5.18. The molecule has 1 aromatic heterocycles. The molecule has 2 aromatic rings. The fourth-order valence-corrected chi connectivity index (χ4v) is 3.98. The van der Waals surface area contributed by atoms with E-state index in [0.717, 1.165) is 38.8 Å². The first-order chi connectivity index (χ1) is 10.8. The van der Waals surface area contributed by atoms with Crippen LogP contribution >= 0.6 is 0 Å². The number of hydrogen-bond acceptors (Lipinski definition) is 2. The van der Waals surface area contributed by atoms with Gasteiger partial charge < -0.3 is 14.6 Å². The minimum absolute atomic E-state index is 0.264. The molecule has 22 heavy (non-hydrogen) atoms. The van der Waals surface area contributed by atoms with Crippen molar-refractivity contribution in [3.05, 3.63) is 35.0 Å². The zero-order valence-electron chi connectivity index (χ0n) is 13.0. The van der Waals surface area contributed by atoms with E-state index in [9.17, 15) is 4.79 Å². The number of nitrogens with one attached hydrogen (secondary N) is 1. The Bertz CT molecular complexity index is 719. The molecule has 0 bridgehead atoms. The monoisotopic (exact) mass is 298 g/mol. The summed E-state index contributed by atoms with van der Waals surface area (Å²) >= 11 is 0. The molecule has 3 heterocycles. The van der Waals surface area contributed by atoms with E-state index in [2.05, 4.69) is 28.1 Å². The molecule has 4 heteroatoms. The van der Waals surface area contributed by atoms with E-state index >= 15 is 0 Å². The van der Waals surface area contributed by atoms with E-state index in [1.54, 1.807) is 7.11 Å². The summed E-state index contributed by atoms with van der Waals surface area (Å²) in [7, 11) is 1.74. The first kappa shape index (κ1) is 13.8. The van der Waals surface area contributed by atoms with Crippen LogP contribution in [-0.2, 0) is 22.4 Å². The normalized spacial score (nSPS) is 21.0. The Labute approximate surface area is 130 Å². The van der Waals surface area contributed by atoms with Crippen molar-refractivity contribution in [1.82, 2.24) is 9.88 Å². The molecule has 4 rings (SSSR count). The summed E-state index contributed by atoms with van der Waals surface area (Å²) in [6, 6.07) is 6.91. The Morgan fingerprint density at radius 1 is 1.36 bits per heavy atom. The van der Waals surface area contributed by atoms with Crippen molar-refractivity contribution < 1.29 is 9.53 Å². The van der Waals surface area contributed by atoms with Crippen molar-refractivity contribution in [3.63, 3.8) is 0 Å². The molecule has 1 N–H and O–H groups in total. The van der Waals surface area contributed by atoms with Crippen LogP contribution in [0.3, 0.4) is 0 Å². The Hall–Kier alpha value is -1.81. The number of ether oxygens (including phenoxy) is 1. The molecule has 1 unspecified atom stereocenters. The molecule has 116 valence electrons. The summed E-state index contributed by atoms with van der Waals surface area (Å²) in [6.45, 7) is 1.62. The number of rotatable bonds is 3. The summed E-state index contributed by atoms with van der Waals surface area (Å²) in [6.07, 6.45) is 4.72. The molecular weight excluding hydrogens is 276 g/mol. The quantitative estimate of drug-likeness (QED) is 0.947. The fraction of sp³-hybridized carbons (Fsp3) is 0.500. The number of aromatic amines is 1. The van der Waals surface area contributed by atoms with Crippen molar-refractivity contribution in [2.75, 3.05) is 20.3 Å². The van der Waals surface area contributed by atoms with Gasteiger partial charge in [-0.15, -0.1) is 0 Å². The predicted octanol–water partition coefficient (Wildman–Crippen LogP) is 2.97. The van der Waals surface area contributed by atoms with E-state index < -0.39 is 0 Å². The summed E-state index contributed by atoms with van der Waals surface area (Å²) in [5.41, 5.74) is 5.22. The van der Waals surface area contributed by atoms with Crippen LogP contribution in [0.1, 0.15) is 42.1 Å². The first-order valence-corrected chi connectivity index (χ1v) is 8.19.